The zero-order valence-corrected chi connectivity index (χ0v) is 19.9. The van der Waals surface area contributed by atoms with E-state index in [1.54, 1.807) is 42.5 Å². The molecule has 0 heterocycles. The second kappa shape index (κ2) is 9.63. The molecular formula is C24H25ClN2O4S. The maximum atomic E-state index is 12.6. The zero-order valence-electron chi connectivity index (χ0n) is 18.3. The summed E-state index contributed by atoms with van der Waals surface area (Å²) < 4.78 is 31.5. The number of aryl methyl sites for hydroxylation is 2. The van der Waals surface area contributed by atoms with Crippen molar-refractivity contribution >= 4 is 38.9 Å². The minimum atomic E-state index is -3.49. The van der Waals surface area contributed by atoms with Crippen LogP contribution in [0.1, 0.15) is 27.0 Å². The number of nitrogens with one attached hydrogen (secondary N) is 1. The van der Waals surface area contributed by atoms with Crippen LogP contribution < -0.4 is 14.4 Å². The summed E-state index contributed by atoms with van der Waals surface area (Å²) >= 11 is 6.01. The van der Waals surface area contributed by atoms with Crippen LogP contribution in [0.2, 0.25) is 5.02 Å². The first-order valence-corrected chi connectivity index (χ1v) is 12.1. The van der Waals surface area contributed by atoms with Gasteiger partial charge in [-0.15, -0.1) is 0 Å². The summed E-state index contributed by atoms with van der Waals surface area (Å²) in [6.45, 7) is 4.11. The lowest BCUT2D eigenvalue weighted by molar-refractivity contribution is 0.102. The van der Waals surface area contributed by atoms with Gasteiger partial charge in [0.1, 0.15) is 5.75 Å². The molecule has 3 rings (SSSR count). The first-order valence-electron chi connectivity index (χ1n) is 9.87. The van der Waals surface area contributed by atoms with Crippen LogP contribution in [0.4, 0.5) is 11.4 Å². The number of carbonyl (C=O) groups is 1. The molecule has 0 bridgehead atoms. The maximum absolute atomic E-state index is 12.6. The first kappa shape index (κ1) is 23.6. The molecule has 3 aromatic carbocycles. The first-order chi connectivity index (χ1) is 15.1. The summed E-state index contributed by atoms with van der Waals surface area (Å²) in [6.07, 6.45) is 1.19. The Kier molecular flexibility index (Phi) is 7.11. The van der Waals surface area contributed by atoms with Crippen molar-refractivity contribution in [3.63, 3.8) is 0 Å². The van der Waals surface area contributed by atoms with Gasteiger partial charge in [0.15, 0.2) is 0 Å². The molecule has 1 N–H and O–H groups in total. The third-order valence-electron chi connectivity index (χ3n) is 5.12. The van der Waals surface area contributed by atoms with Gasteiger partial charge >= 0.3 is 0 Å². The highest BCUT2D eigenvalue weighted by Crippen LogP contribution is 2.26. The highest BCUT2D eigenvalue weighted by molar-refractivity contribution is 7.92. The summed E-state index contributed by atoms with van der Waals surface area (Å²) in [5.74, 6) is 0.0608. The molecule has 6 nitrogen and oxygen atoms in total. The molecule has 0 unspecified atom stereocenters. The molecule has 0 radical (unpaired) electrons. The summed E-state index contributed by atoms with van der Waals surface area (Å²) in [6, 6.07) is 17.4. The lowest BCUT2D eigenvalue weighted by Gasteiger charge is -2.23. The van der Waals surface area contributed by atoms with E-state index in [0.717, 1.165) is 16.7 Å². The van der Waals surface area contributed by atoms with Crippen LogP contribution in [0.25, 0.3) is 0 Å². The Morgan fingerprint density at radius 2 is 1.69 bits per heavy atom. The van der Waals surface area contributed by atoms with Gasteiger partial charge < -0.3 is 10.1 Å². The molecule has 3 aromatic rings. The molecule has 0 fully saturated rings. The predicted molar refractivity (Wildman–Crippen MR) is 129 cm³/mol. The molecule has 0 atom stereocenters. The van der Waals surface area contributed by atoms with E-state index in [4.69, 9.17) is 16.3 Å². The van der Waals surface area contributed by atoms with Gasteiger partial charge in [0, 0.05) is 10.7 Å². The molecule has 32 heavy (non-hydrogen) atoms. The van der Waals surface area contributed by atoms with Crippen molar-refractivity contribution < 1.29 is 17.9 Å². The highest BCUT2D eigenvalue weighted by Gasteiger charge is 2.19. The number of carbonyl (C=O) groups excluding carboxylic acids is 1. The van der Waals surface area contributed by atoms with Crippen LogP contribution in [0, 0.1) is 13.8 Å². The number of halogens is 1. The molecule has 0 spiro atoms. The third kappa shape index (κ3) is 5.60. The van der Waals surface area contributed by atoms with Crippen LogP contribution in [0.5, 0.6) is 5.75 Å². The van der Waals surface area contributed by atoms with Crippen LogP contribution in [0.15, 0.2) is 60.7 Å². The van der Waals surface area contributed by atoms with Gasteiger partial charge in [-0.2, -0.15) is 0 Å². The molecule has 0 saturated carbocycles. The number of nitrogens with zero attached hydrogens (tertiary/aromatic N) is 1. The number of rotatable bonds is 7. The van der Waals surface area contributed by atoms with Crippen molar-refractivity contribution in [2.75, 3.05) is 23.0 Å². The SMILES string of the molecule is COc1ccc(Cl)cc1C(=O)Nc1ccc(CN(c2ccc(C)c(C)c2)S(C)(=O)=O)cc1. The second-order valence-electron chi connectivity index (χ2n) is 7.53. The topological polar surface area (TPSA) is 75.7 Å². The van der Waals surface area contributed by atoms with Crippen LogP contribution in [-0.2, 0) is 16.6 Å². The average molecular weight is 473 g/mol. The van der Waals surface area contributed by atoms with Crippen LogP contribution in [0.3, 0.4) is 0 Å². The molecule has 0 aliphatic rings. The third-order valence-corrected chi connectivity index (χ3v) is 6.50. The van der Waals surface area contributed by atoms with E-state index in [2.05, 4.69) is 5.32 Å². The van der Waals surface area contributed by atoms with Crippen molar-refractivity contribution in [2.45, 2.75) is 20.4 Å². The molecule has 0 aliphatic carbocycles. The van der Waals surface area contributed by atoms with Gasteiger partial charge in [-0.3, -0.25) is 9.10 Å². The fourth-order valence-electron chi connectivity index (χ4n) is 3.20. The van der Waals surface area contributed by atoms with E-state index in [9.17, 15) is 13.2 Å². The fourth-order valence-corrected chi connectivity index (χ4v) is 4.25. The smallest absolute Gasteiger partial charge is 0.259 e. The Balaban J connectivity index is 1.79. The van der Waals surface area contributed by atoms with Crippen molar-refractivity contribution in [3.05, 3.63) is 87.9 Å². The number of sulfonamides is 1. The Labute approximate surface area is 193 Å². The van der Waals surface area contributed by atoms with E-state index >= 15 is 0 Å². The molecule has 0 saturated heterocycles. The van der Waals surface area contributed by atoms with Gasteiger partial charge in [0.2, 0.25) is 10.0 Å². The number of amides is 1. The molecule has 8 heteroatoms. The number of ether oxygens (including phenoxy) is 1. The monoisotopic (exact) mass is 472 g/mol. The molecule has 0 aliphatic heterocycles. The molecule has 1 amide bonds. The second-order valence-corrected chi connectivity index (χ2v) is 9.88. The minimum Gasteiger partial charge on any atom is -0.496 e. The molecule has 0 aromatic heterocycles. The van der Waals surface area contributed by atoms with Gasteiger partial charge in [0.05, 0.1) is 31.2 Å². The quantitative estimate of drug-likeness (QED) is 0.513. The van der Waals surface area contributed by atoms with E-state index in [-0.39, 0.29) is 12.5 Å². The average Bonchev–Trinajstić information content (AvgIpc) is 2.74. The van der Waals surface area contributed by atoms with E-state index in [0.29, 0.717) is 27.7 Å². The van der Waals surface area contributed by atoms with Gasteiger partial charge in [-0.1, -0.05) is 29.8 Å². The Bertz CT molecular complexity index is 1240. The van der Waals surface area contributed by atoms with Crippen molar-refractivity contribution in [1.82, 2.24) is 0 Å². The number of hydrogen-bond donors (Lipinski definition) is 1. The van der Waals surface area contributed by atoms with E-state index in [1.807, 2.05) is 26.0 Å². The number of hydrogen-bond acceptors (Lipinski definition) is 4. The lowest BCUT2D eigenvalue weighted by atomic mass is 10.1. The number of benzene rings is 3. The maximum Gasteiger partial charge on any atom is 0.259 e. The number of methoxy groups -OCH3 is 1. The van der Waals surface area contributed by atoms with Crippen molar-refractivity contribution in [2.24, 2.45) is 0 Å². The van der Waals surface area contributed by atoms with Crippen molar-refractivity contribution in [3.8, 4) is 5.75 Å². The minimum absolute atomic E-state index is 0.178. The summed E-state index contributed by atoms with van der Waals surface area (Å²) in [5, 5.41) is 3.24. The summed E-state index contributed by atoms with van der Waals surface area (Å²) in [4.78, 5) is 12.6. The summed E-state index contributed by atoms with van der Waals surface area (Å²) in [5.41, 5.74) is 4.40. The van der Waals surface area contributed by atoms with Gasteiger partial charge in [-0.25, -0.2) is 8.42 Å². The molecule has 168 valence electrons. The van der Waals surface area contributed by atoms with Gasteiger partial charge in [-0.05, 0) is 73.0 Å². The van der Waals surface area contributed by atoms with Crippen LogP contribution >= 0.6 is 11.6 Å². The number of anilines is 2. The predicted octanol–water partition coefficient (Wildman–Crippen LogP) is 5.18. The highest BCUT2D eigenvalue weighted by atomic mass is 35.5. The Morgan fingerprint density at radius 3 is 2.28 bits per heavy atom. The zero-order chi connectivity index (χ0) is 23.5. The largest absolute Gasteiger partial charge is 0.496 e. The lowest BCUT2D eigenvalue weighted by Crippen LogP contribution is -2.29. The van der Waals surface area contributed by atoms with Crippen LogP contribution in [-0.4, -0.2) is 27.7 Å². The summed E-state index contributed by atoms with van der Waals surface area (Å²) in [7, 11) is -2.00. The normalized spacial score (nSPS) is 11.2. The Morgan fingerprint density at radius 1 is 1.00 bits per heavy atom. The van der Waals surface area contributed by atoms with E-state index < -0.39 is 10.0 Å². The van der Waals surface area contributed by atoms with E-state index in [1.165, 1.54) is 23.7 Å². The van der Waals surface area contributed by atoms with Gasteiger partial charge in [0.25, 0.3) is 5.91 Å². The standard InChI is InChI=1S/C24H25ClN2O4S/c1-16-5-11-21(13-17(16)2)27(32(4,29)30)15-18-6-9-20(10-7-18)26-24(28)22-14-19(25)8-12-23(22)31-3/h5-14H,15H2,1-4H3,(H,26,28). The fraction of sp³-hybridized carbons (Fsp3) is 0.208. The Hall–Kier alpha value is -3.03. The molecular weight excluding hydrogens is 448 g/mol. The van der Waals surface area contributed by atoms with Crippen molar-refractivity contribution in [1.29, 1.82) is 0 Å².